The maximum atomic E-state index is 12.6. The molecule has 0 heterocycles. The van der Waals surface area contributed by atoms with Crippen molar-refractivity contribution in [2.45, 2.75) is 58.1 Å². The highest BCUT2D eigenvalue weighted by Gasteiger charge is 2.70. The van der Waals surface area contributed by atoms with Crippen molar-refractivity contribution >= 4 is 5.78 Å². The van der Waals surface area contributed by atoms with Gasteiger partial charge in [0.05, 0.1) is 6.04 Å². The molecule has 146 valence electrons. The van der Waals surface area contributed by atoms with Crippen LogP contribution in [0.3, 0.4) is 0 Å². The molecule has 0 aromatic carbocycles. The first-order valence-corrected chi connectivity index (χ1v) is 10.1. The smallest absolute Gasteiger partial charge is 0.190 e. The van der Waals surface area contributed by atoms with E-state index in [2.05, 4.69) is 30.0 Å². The van der Waals surface area contributed by atoms with E-state index in [0.717, 1.165) is 19.3 Å². The second-order valence-electron chi connectivity index (χ2n) is 9.57. The molecular weight excluding hydrogens is 342 g/mol. The molecule has 4 aliphatic carbocycles. The Labute approximate surface area is 160 Å². The largest absolute Gasteiger partial charge is 0.388 e. The van der Waals surface area contributed by atoms with E-state index in [1.54, 1.807) is 0 Å². The van der Waals surface area contributed by atoms with Gasteiger partial charge in [-0.2, -0.15) is 4.91 Å². The molecule has 5 heteroatoms. The van der Waals surface area contributed by atoms with Gasteiger partial charge in [0.2, 0.25) is 0 Å². The Morgan fingerprint density at radius 3 is 2.81 bits per heavy atom. The minimum Gasteiger partial charge on any atom is -0.388 e. The number of nitrogens with zero attached hydrogens (tertiary/aromatic N) is 1. The summed E-state index contributed by atoms with van der Waals surface area (Å²) in [6, 6.07) is -0.468. The van der Waals surface area contributed by atoms with E-state index >= 15 is 0 Å². The highest BCUT2D eigenvalue weighted by Crippen LogP contribution is 2.68. The minimum atomic E-state index is -1.60. The first-order valence-electron chi connectivity index (χ1n) is 10.1. The number of hydrogen-bond acceptors (Lipinski definition) is 5. The quantitative estimate of drug-likeness (QED) is 0.589. The van der Waals surface area contributed by atoms with Crippen LogP contribution in [0.25, 0.3) is 0 Å². The third-order valence-corrected chi connectivity index (χ3v) is 8.63. The predicted molar refractivity (Wildman–Crippen MR) is 102 cm³/mol. The highest BCUT2D eigenvalue weighted by molar-refractivity contribution is 5.90. The van der Waals surface area contributed by atoms with Crippen molar-refractivity contribution in [3.63, 3.8) is 0 Å². The molecule has 0 saturated heterocycles. The molecule has 4 aliphatic rings. The Kier molecular flexibility index (Phi) is 4.16. The van der Waals surface area contributed by atoms with Crippen molar-refractivity contribution in [1.29, 1.82) is 0 Å². The Morgan fingerprint density at radius 1 is 1.41 bits per heavy atom. The number of Topliss-reactive ketones (excluding diaryl/α,β-unsaturated/α-hetero) is 1. The lowest BCUT2D eigenvalue weighted by molar-refractivity contribution is -0.170. The predicted octanol–water partition coefficient (Wildman–Crippen LogP) is 3.16. The summed E-state index contributed by atoms with van der Waals surface area (Å²) >= 11 is 0. The monoisotopic (exact) mass is 371 g/mol. The first kappa shape index (κ1) is 18.8. The van der Waals surface area contributed by atoms with Gasteiger partial charge in [0.15, 0.2) is 5.78 Å². The van der Waals surface area contributed by atoms with Crippen molar-refractivity contribution in [2.24, 2.45) is 39.7 Å². The summed E-state index contributed by atoms with van der Waals surface area (Å²) in [6.07, 6.45) is 9.15. The van der Waals surface area contributed by atoms with E-state index < -0.39 is 29.4 Å². The average molecular weight is 371 g/mol. The van der Waals surface area contributed by atoms with E-state index in [-0.39, 0.29) is 29.1 Å². The van der Waals surface area contributed by atoms with Crippen LogP contribution in [0.15, 0.2) is 34.7 Å². The number of hydrogen-bond donors (Lipinski definition) is 2. The van der Waals surface area contributed by atoms with Crippen molar-refractivity contribution in [2.75, 3.05) is 6.61 Å². The number of nitroso groups, excluding NO2 is 1. The summed E-state index contributed by atoms with van der Waals surface area (Å²) in [4.78, 5) is 24.6. The second-order valence-corrected chi connectivity index (χ2v) is 9.57. The van der Waals surface area contributed by atoms with Crippen LogP contribution in [0.5, 0.6) is 0 Å². The number of ketones is 1. The van der Waals surface area contributed by atoms with Crippen LogP contribution in [0, 0.1) is 39.4 Å². The summed E-state index contributed by atoms with van der Waals surface area (Å²) in [5.74, 6) is -0.356. The van der Waals surface area contributed by atoms with Gasteiger partial charge in [-0.25, -0.2) is 0 Å². The normalized spacial score (nSPS) is 50.4. The Bertz CT molecular complexity index is 781. The molecule has 0 amide bonds. The molecule has 3 fully saturated rings. The van der Waals surface area contributed by atoms with Gasteiger partial charge < -0.3 is 10.2 Å². The zero-order valence-corrected chi connectivity index (χ0v) is 16.3. The molecule has 7 unspecified atom stereocenters. The van der Waals surface area contributed by atoms with Crippen molar-refractivity contribution in [3.8, 4) is 0 Å². The molecule has 3 saturated carbocycles. The summed E-state index contributed by atoms with van der Waals surface area (Å²) in [5.41, 5.74) is 1.96. The van der Waals surface area contributed by atoms with Crippen LogP contribution >= 0.6 is 0 Å². The van der Waals surface area contributed by atoms with Crippen LogP contribution in [-0.4, -0.2) is 34.2 Å². The van der Waals surface area contributed by atoms with Gasteiger partial charge in [0, 0.05) is 16.7 Å². The van der Waals surface area contributed by atoms with Gasteiger partial charge in [0.1, 0.15) is 12.2 Å². The van der Waals surface area contributed by atoms with E-state index in [9.17, 15) is 19.9 Å². The number of allylic oxidation sites excluding steroid dienone is 3. The fourth-order valence-corrected chi connectivity index (χ4v) is 7.38. The van der Waals surface area contributed by atoms with Crippen LogP contribution in [-0.2, 0) is 4.79 Å². The SMILES string of the molecule is CC1CC2C3CCC4=CC=C=CC4(C)C3C(N=O)CC2(C)[C@@]1(O)C(=O)CO. The fourth-order valence-electron chi connectivity index (χ4n) is 7.38. The molecule has 0 aromatic heterocycles. The fraction of sp³-hybridized carbons (Fsp3) is 0.727. The third kappa shape index (κ3) is 2.16. The molecule has 0 aliphatic heterocycles. The number of rotatable bonds is 3. The van der Waals surface area contributed by atoms with Gasteiger partial charge >= 0.3 is 0 Å². The van der Waals surface area contributed by atoms with Crippen LogP contribution in [0.2, 0.25) is 0 Å². The molecule has 0 aromatic rings. The molecule has 0 spiro atoms. The second kappa shape index (κ2) is 5.97. The Balaban J connectivity index is 1.83. The zero-order chi connectivity index (χ0) is 19.6. The van der Waals surface area contributed by atoms with Gasteiger partial charge in [0.25, 0.3) is 0 Å². The molecule has 2 N–H and O–H groups in total. The molecule has 8 atom stereocenters. The number of carbonyl (C=O) groups is 1. The number of carbonyl (C=O) groups excluding carboxylic acids is 1. The van der Waals surface area contributed by atoms with Gasteiger partial charge in [-0.15, -0.1) is 5.73 Å². The lowest BCUT2D eigenvalue weighted by Gasteiger charge is -2.59. The molecule has 5 nitrogen and oxygen atoms in total. The average Bonchev–Trinajstić information content (AvgIpc) is 2.87. The first-order chi connectivity index (χ1) is 12.7. The number of aliphatic hydroxyl groups is 2. The standard InChI is InChI=1S/C22H29NO4/c1-13-10-16-15-8-7-14-6-4-5-9-20(14,2)19(15)17(23-27)11-21(16,3)22(13,26)18(25)12-24/h4,6,9,13,15-17,19,24,26H,7-8,10-12H2,1-3H3/t13?,15?,16?,17?,19?,20?,21?,22-/m0/s1. The van der Waals surface area contributed by atoms with Crippen molar-refractivity contribution in [3.05, 3.63) is 34.4 Å². The number of fused-ring (bicyclic) bond motifs is 5. The van der Waals surface area contributed by atoms with Crippen molar-refractivity contribution < 1.29 is 15.0 Å². The van der Waals surface area contributed by atoms with E-state index in [0.29, 0.717) is 6.42 Å². The number of aliphatic hydroxyl groups excluding tert-OH is 1. The lowest BCUT2D eigenvalue weighted by atomic mass is 9.46. The maximum absolute atomic E-state index is 12.6. The molecule has 0 bridgehead atoms. The van der Waals surface area contributed by atoms with E-state index in [1.165, 1.54) is 5.57 Å². The summed E-state index contributed by atoms with van der Waals surface area (Å²) in [5, 5.41) is 24.5. The zero-order valence-electron chi connectivity index (χ0n) is 16.3. The summed E-state index contributed by atoms with van der Waals surface area (Å²) in [6.45, 7) is 5.34. The topological polar surface area (TPSA) is 87.0 Å². The van der Waals surface area contributed by atoms with Crippen molar-refractivity contribution in [1.82, 2.24) is 0 Å². The highest BCUT2D eigenvalue weighted by atomic mass is 16.3. The van der Waals surface area contributed by atoms with Crippen LogP contribution < -0.4 is 0 Å². The van der Waals surface area contributed by atoms with E-state index in [4.69, 9.17) is 0 Å². The third-order valence-electron chi connectivity index (χ3n) is 8.63. The lowest BCUT2D eigenvalue weighted by Crippen LogP contribution is -2.62. The van der Waals surface area contributed by atoms with Gasteiger partial charge in [-0.3, -0.25) is 4.79 Å². The van der Waals surface area contributed by atoms with Crippen LogP contribution in [0.1, 0.15) is 46.5 Å². The van der Waals surface area contributed by atoms with Gasteiger partial charge in [-0.05, 0) is 55.6 Å². The molecule has 4 rings (SSSR count). The Hall–Kier alpha value is -1.55. The molecule has 0 radical (unpaired) electrons. The summed E-state index contributed by atoms with van der Waals surface area (Å²) < 4.78 is 0. The van der Waals surface area contributed by atoms with Crippen LogP contribution in [0.4, 0.5) is 0 Å². The minimum absolute atomic E-state index is 0.0630. The maximum Gasteiger partial charge on any atom is 0.190 e. The van der Waals surface area contributed by atoms with Gasteiger partial charge in [-0.1, -0.05) is 37.6 Å². The molecule has 27 heavy (non-hydrogen) atoms. The van der Waals surface area contributed by atoms with E-state index in [1.807, 2.05) is 19.9 Å². The molecular formula is C22H29NO4. The summed E-state index contributed by atoms with van der Waals surface area (Å²) in [7, 11) is 0. The Morgan fingerprint density at radius 2 is 2.15 bits per heavy atom.